The third-order valence-corrected chi connectivity index (χ3v) is 3.91. The molecule has 0 saturated heterocycles. The van der Waals surface area contributed by atoms with Crippen LogP contribution in [0.4, 0.5) is 6.01 Å². The lowest BCUT2D eigenvalue weighted by molar-refractivity contribution is 0.463. The van der Waals surface area contributed by atoms with Crippen LogP contribution in [0.25, 0.3) is 0 Å². The van der Waals surface area contributed by atoms with Gasteiger partial charge in [0.2, 0.25) is 5.89 Å². The lowest BCUT2D eigenvalue weighted by Crippen LogP contribution is -2.15. The highest BCUT2D eigenvalue weighted by Crippen LogP contribution is 2.48. The highest BCUT2D eigenvalue weighted by molar-refractivity contribution is 5.19. The molecule has 0 bridgehead atoms. The summed E-state index contributed by atoms with van der Waals surface area (Å²) in [6, 6.07) is 1.24. The van der Waals surface area contributed by atoms with E-state index in [1.807, 2.05) is 0 Å². The van der Waals surface area contributed by atoms with Crippen LogP contribution in [-0.4, -0.2) is 22.8 Å². The first-order valence-corrected chi connectivity index (χ1v) is 6.59. The number of rotatable bonds is 7. The van der Waals surface area contributed by atoms with Crippen LogP contribution >= 0.6 is 0 Å². The van der Waals surface area contributed by atoms with Gasteiger partial charge in [-0.15, -0.1) is 5.10 Å². The predicted octanol–water partition coefficient (Wildman–Crippen LogP) is 1.92. The van der Waals surface area contributed by atoms with Crippen molar-refractivity contribution in [2.75, 3.05) is 11.9 Å². The molecule has 3 rings (SSSR count). The Labute approximate surface area is 101 Å². The van der Waals surface area contributed by atoms with Crippen molar-refractivity contribution < 1.29 is 4.42 Å². The summed E-state index contributed by atoms with van der Waals surface area (Å²) in [5.41, 5.74) is 0.501. The van der Waals surface area contributed by atoms with Crippen LogP contribution in [0.1, 0.15) is 44.9 Å². The van der Waals surface area contributed by atoms with Gasteiger partial charge in [-0.05, 0) is 37.5 Å². The zero-order valence-electron chi connectivity index (χ0n) is 10.3. The average molecular weight is 236 g/mol. The van der Waals surface area contributed by atoms with Gasteiger partial charge in [0.1, 0.15) is 0 Å². The smallest absolute Gasteiger partial charge is 0.315 e. The maximum Gasteiger partial charge on any atom is 0.315 e. The molecule has 0 atom stereocenters. The molecule has 5 nitrogen and oxygen atoms in total. The van der Waals surface area contributed by atoms with Crippen molar-refractivity contribution in [3.05, 3.63) is 5.89 Å². The first-order chi connectivity index (χ1) is 8.30. The molecule has 0 amide bonds. The number of aromatic nitrogens is 2. The van der Waals surface area contributed by atoms with Gasteiger partial charge in [0.25, 0.3) is 0 Å². The van der Waals surface area contributed by atoms with Crippen LogP contribution in [0.5, 0.6) is 0 Å². The number of hydrogen-bond donors (Lipinski definition) is 2. The molecule has 2 aliphatic rings. The molecule has 0 aliphatic heterocycles. The van der Waals surface area contributed by atoms with Crippen LogP contribution in [0.15, 0.2) is 4.42 Å². The molecule has 1 aromatic heterocycles. The van der Waals surface area contributed by atoms with Gasteiger partial charge in [0.05, 0.1) is 6.54 Å². The second kappa shape index (κ2) is 4.29. The molecule has 17 heavy (non-hydrogen) atoms. The first kappa shape index (κ1) is 11.0. The Balaban J connectivity index is 1.46. The van der Waals surface area contributed by atoms with E-state index in [0.717, 1.165) is 6.54 Å². The maximum atomic E-state index is 5.53. The van der Waals surface area contributed by atoms with E-state index in [-0.39, 0.29) is 0 Å². The summed E-state index contributed by atoms with van der Waals surface area (Å²) in [7, 11) is 0. The third-order valence-electron chi connectivity index (χ3n) is 3.91. The van der Waals surface area contributed by atoms with Crippen molar-refractivity contribution in [1.82, 2.24) is 15.5 Å². The number of anilines is 1. The maximum absolute atomic E-state index is 5.53. The lowest BCUT2D eigenvalue weighted by Gasteiger charge is -2.11. The molecule has 94 valence electrons. The normalized spacial score (nSPS) is 21.5. The molecule has 2 aliphatic carbocycles. The number of nitrogens with zero attached hydrogens (tertiary/aromatic N) is 2. The zero-order valence-corrected chi connectivity index (χ0v) is 10.3. The highest BCUT2D eigenvalue weighted by atomic mass is 16.4. The predicted molar refractivity (Wildman–Crippen MR) is 64.6 cm³/mol. The van der Waals surface area contributed by atoms with E-state index in [2.05, 4.69) is 27.8 Å². The molecule has 5 heteroatoms. The van der Waals surface area contributed by atoms with Crippen LogP contribution in [-0.2, 0) is 6.54 Å². The van der Waals surface area contributed by atoms with Crippen LogP contribution < -0.4 is 10.6 Å². The van der Waals surface area contributed by atoms with Crippen molar-refractivity contribution in [2.45, 2.75) is 51.6 Å². The Kier molecular flexibility index (Phi) is 2.78. The fourth-order valence-corrected chi connectivity index (χ4v) is 2.01. The summed E-state index contributed by atoms with van der Waals surface area (Å²) in [5, 5.41) is 14.6. The van der Waals surface area contributed by atoms with E-state index < -0.39 is 0 Å². The summed E-state index contributed by atoms with van der Waals surface area (Å²) in [4.78, 5) is 0. The minimum atomic E-state index is 0.501. The van der Waals surface area contributed by atoms with Gasteiger partial charge in [-0.25, -0.2) is 0 Å². The third kappa shape index (κ3) is 2.77. The van der Waals surface area contributed by atoms with Crippen LogP contribution in [0, 0.1) is 5.41 Å². The molecule has 2 N–H and O–H groups in total. The molecule has 0 spiro atoms. The van der Waals surface area contributed by atoms with E-state index >= 15 is 0 Å². The molecule has 1 heterocycles. The van der Waals surface area contributed by atoms with E-state index in [1.165, 1.54) is 32.1 Å². The lowest BCUT2D eigenvalue weighted by atomic mass is 10.0. The second-order valence-electron chi connectivity index (χ2n) is 5.36. The monoisotopic (exact) mass is 236 g/mol. The van der Waals surface area contributed by atoms with Crippen molar-refractivity contribution >= 4 is 6.01 Å². The summed E-state index contributed by atoms with van der Waals surface area (Å²) >= 11 is 0. The Hall–Kier alpha value is -1.10. The van der Waals surface area contributed by atoms with Gasteiger partial charge in [0, 0.05) is 12.6 Å². The van der Waals surface area contributed by atoms with Crippen molar-refractivity contribution in [3.8, 4) is 0 Å². The van der Waals surface area contributed by atoms with Crippen molar-refractivity contribution in [2.24, 2.45) is 5.41 Å². The zero-order chi connectivity index (χ0) is 11.7. The summed E-state index contributed by atoms with van der Waals surface area (Å²) in [6.45, 7) is 3.90. The molecule has 0 unspecified atom stereocenters. The first-order valence-electron chi connectivity index (χ1n) is 6.59. The standard InChI is InChI=1S/C12H20N4O/c1-2-12(5-6-12)8-14-11-16-15-10(17-11)7-13-9-3-4-9/h9,13H,2-8H2,1H3,(H,14,16). The molecule has 0 aromatic carbocycles. The fraction of sp³-hybridized carbons (Fsp3) is 0.833. The van der Waals surface area contributed by atoms with E-state index in [0.29, 0.717) is 29.9 Å². The number of nitrogens with one attached hydrogen (secondary N) is 2. The van der Waals surface area contributed by atoms with Crippen molar-refractivity contribution in [1.29, 1.82) is 0 Å². The Morgan fingerprint density at radius 2 is 2.18 bits per heavy atom. The molecule has 2 fully saturated rings. The van der Waals surface area contributed by atoms with E-state index in [9.17, 15) is 0 Å². The van der Waals surface area contributed by atoms with E-state index in [1.54, 1.807) is 0 Å². The van der Waals surface area contributed by atoms with Gasteiger partial charge in [-0.1, -0.05) is 12.0 Å². The minimum Gasteiger partial charge on any atom is -0.407 e. The molecule has 0 radical (unpaired) electrons. The van der Waals surface area contributed by atoms with Gasteiger partial charge >= 0.3 is 6.01 Å². The Bertz CT molecular complexity index is 382. The SMILES string of the molecule is CCC1(CNc2nnc(CNC3CC3)o2)CC1. The molecule has 2 saturated carbocycles. The summed E-state index contributed by atoms with van der Waals surface area (Å²) < 4.78 is 5.53. The van der Waals surface area contributed by atoms with Gasteiger partial charge in [0.15, 0.2) is 0 Å². The average Bonchev–Trinajstić information content (AvgIpc) is 3.26. The molecular weight excluding hydrogens is 216 g/mol. The Morgan fingerprint density at radius 3 is 2.82 bits per heavy atom. The van der Waals surface area contributed by atoms with Gasteiger partial charge in [-0.2, -0.15) is 0 Å². The molecule has 1 aromatic rings. The summed E-state index contributed by atoms with van der Waals surface area (Å²) in [5.74, 6) is 0.681. The minimum absolute atomic E-state index is 0.501. The largest absolute Gasteiger partial charge is 0.407 e. The second-order valence-corrected chi connectivity index (χ2v) is 5.36. The quantitative estimate of drug-likeness (QED) is 0.757. The number of hydrogen-bond acceptors (Lipinski definition) is 5. The molecular formula is C12H20N4O. The summed E-state index contributed by atoms with van der Waals surface area (Å²) in [6.07, 6.45) is 6.42. The fourth-order valence-electron chi connectivity index (χ4n) is 2.01. The van der Waals surface area contributed by atoms with Crippen LogP contribution in [0.3, 0.4) is 0 Å². The van der Waals surface area contributed by atoms with Crippen LogP contribution in [0.2, 0.25) is 0 Å². The topological polar surface area (TPSA) is 63.0 Å². The highest BCUT2D eigenvalue weighted by Gasteiger charge is 2.40. The van der Waals surface area contributed by atoms with Gasteiger partial charge in [-0.3, -0.25) is 0 Å². The van der Waals surface area contributed by atoms with Gasteiger partial charge < -0.3 is 15.1 Å². The van der Waals surface area contributed by atoms with Crippen molar-refractivity contribution in [3.63, 3.8) is 0 Å². The van der Waals surface area contributed by atoms with E-state index in [4.69, 9.17) is 4.42 Å². The Morgan fingerprint density at radius 1 is 1.35 bits per heavy atom.